The first kappa shape index (κ1) is 46.0. The van der Waals surface area contributed by atoms with E-state index in [-0.39, 0.29) is 19.1 Å². The quantitative estimate of drug-likeness (QED) is 0.0269. The Kier molecular flexibility index (Phi) is 30.3. The molecule has 0 aromatic heterocycles. The number of allylic oxidation sites excluding steroid dienone is 3. The summed E-state index contributed by atoms with van der Waals surface area (Å²) in [5.74, 6) is -0.191. The third kappa shape index (κ3) is 33.3. The van der Waals surface area contributed by atoms with Gasteiger partial charge in [-0.05, 0) is 32.1 Å². The number of likely N-dealkylation sites (N-methyl/N-ethyl adjacent to an activating group) is 1. The molecule has 47 heavy (non-hydrogen) atoms. The molecule has 0 saturated carbocycles. The summed E-state index contributed by atoms with van der Waals surface area (Å²) in [6.07, 6.45) is 33.9. The van der Waals surface area contributed by atoms with Crippen LogP contribution in [0.2, 0.25) is 0 Å². The van der Waals surface area contributed by atoms with Crippen molar-refractivity contribution < 1.29 is 32.9 Å². The molecule has 3 N–H and O–H groups in total. The van der Waals surface area contributed by atoms with Gasteiger partial charge in [0, 0.05) is 6.42 Å². The zero-order valence-electron chi connectivity index (χ0n) is 31.3. The summed E-state index contributed by atoms with van der Waals surface area (Å²) >= 11 is 0. The number of rotatable bonds is 34. The standard InChI is InChI=1S/C38H75N2O6P/c1-6-8-10-12-14-16-18-19-20-21-22-23-25-27-29-31-37(41)36(35-46-47(43,44)45-34-33-40(3,4)5)39-38(42)32-30-28-26-24-17-15-13-11-9-7-2/h22-23,29,31,36-37,41H,6-21,24-28,30,32-35H2,1-5H3,(H-,39,42,43,44)/p+1/b23-22+,31-29+. The predicted octanol–water partition coefficient (Wildman–Crippen LogP) is 9.80. The van der Waals surface area contributed by atoms with Gasteiger partial charge in [0.25, 0.3) is 0 Å². The van der Waals surface area contributed by atoms with Crippen LogP contribution in [0.15, 0.2) is 24.3 Å². The first-order valence-corrected chi connectivity index (χ1v) is 20.7. The van der Waals surface area contributed by atoms with Crippen LogP contribution in [0.1, 0.15) is 162 Å². The van der Waals surface area contributed by atoms with Gasteiger partial charge in [-0.1, -0.05) is 147 Å². The number of phosphoric ester groups is 1. The molecule has 9 heteroatoms. The highest BCUT2D eigenvalue weighted by atomic mass is 31.2. The molecule has 0 radical (unpaired) electrons. The van der Waals surface area contributed by atoms with Gasteiger partial charge in [0.1, 0.15) is 13.2 Å². The number of carbonyl (C=O) groups is 1. The van der Waals surface area contributed by atoms with E-state index in [1.807, 2.05) is 27.2 Å². The van der Waals surface area contributed by atoms with E-state index in [2.05, 4.69) is 31.3 Å². The molecule has 278 valence electrons. The van der Waals surface area contributed by atoms with Crippen molar-refractivity contribution >= 4 is 13.7 Å². The van der Waals surface area contributed by atoms with E-state index >= 15 is 0 Å². The fraction of sp³-hybridized carbons (Fsp3) is 0.868. The fourth-order valence-electron chi connectivity index (χ4n) is 5.29. The summed E-state index contributed by atoms with van der Waals surface area (Å²) in [7, 11) is 1.55. The van der Waals surface area contributed by atoms with Gasteiger partial charge >= 0.3 is 7.82 Å². The summed E-state index contributed by atoms with van der Waals surface area (Å²) in [6.45, 7) is 4.75. The maximum absolute atomic E-state index is 12.7. The van der Waals surface area contributed by atoms with Gasteiger partial charge in [0.15, 0.2) is 0 Å². The highest BCUT2D eigenvalue weighted by Crippen LogP contribution is 2.43. The Morgan fingerprint density at radius 1 is 0.702 bits per heavy atom. The zero-order chi connectivity index (χ0) is 35.1. The lowest BCUT2D eigenvalue weighted by Crippen LogP contribution is -2.45. The molecule has 0 aliphatic heterocycles. The Bertz CT molecular complexity index is 829. The number of nitrogens with one attached hydrogen (secondary N) is 1. The number of nitrogens with zero attached hydrogens (tertiary/aromatic N) is 1. The lowest BCUT2D eigenvalue weighted by atomic mass is 10.1. The number of amides is 1. The van der Waals surface area contributed by atoms with Crippen molar-refractivity contribution in [1.82, 2.24) is 5.32 Å². The SMILES string of the molecule is CCCCCCCCCCC/C=C/CC/C=C/C(O)C(COP(=O)(O)OCC[N+](C)(C)C)NC(=O)CCCCCCCCCCCC. The minimum Gasteiger partial charge on any atom is -0.387 e. The summed E-state index contributed by atoms with van der Waals surface area (Å²) < 4.78 is 23.4. The van der Waals surface area contributed by atoms with Gasteiger partial charge < -0.3 is 19.8 Å². The molecule has 0 aromatic rings. The predicted molar refractivity (Wildman–Crippen MR) is 198 cm³/mol. The second kappa shape index (κ2) is 31.0. The second-order valence-electron chi connectivity index (χ2n) is 14.3. The van der Waals surface area contributed by atoms with E-state index in [9.17, 15) is 19.4 Å². The Morgan fingerprint density at radius 3 is 1.70 bits per heavy atom. The molecule has 3 atom stereocenters. The number of unbranched alkanes of at least 4 members (excludes halogenated alkanes) is 19. The molecule has 8 nitrogen and oxygen atoms in total. The van der Waals surface area contributed by atoms with Crippen LogP contribution < -0.4 is 5.32 Å². The summed E-state index contributed by atoms with van der Waals surface area (Å²) in [5.41, 5.74) is 0. The highest BCUT2D eigenvalue weighted by molar-refractivity contribution is 7.47. The lowest BCUT2D eigenvalue weighted by Gasteiger charge is -2.25. The molecule has 0 aliphatic rings. The third-order valence-corrected chi connectivity index (χ3v) is 9.41. The topological polar surface area (TPSA) is 105 Å². The maximum atomic E-state index is 12.7. The average Bonchev–Trinajstić information content (AvgIpc) is 3.01. The molecule has 0 heterocycles. The number of hydrogen-bond donors (Lipinski definition) is 3. The van der Waals surface area contributed by atoms with Crippen LogP contribution in [0.4, 0.5) is 0 Å². The highest BCUT2D eigenvalue weighted by Gasteiger charge is 2.27. The molecular weight excluding hydrogens is 611 g/mol. The van der Waals surface area contributed by atoms with Crippen molar-refractivity contribution in [2.75, 3.05) is 40.9 Å². The van der Waals surface area contributed by atoms with Gasteiger partial charge in [-0.25, -0.2) is 4.57 Å². The summed E-state index contributed by atoms with van der Waals surface area (Å²) in [6, 6.07) is -0.855. The molecule has 0 rings (SSSR count). The summed E-state index contributed by atoms with van der Waals surface area (Å²) in [5, 5.41) is 13.7. The van der Waals surface area contributed by atoms with E-state index in [1.165, 1.54) is 103 Å². The normalized spacial score (nSPS) is 15.0. The molecule has 3 unspecified atom stereocenters. The molecule has 0 fully saturated rings. The number of phosphoric acid groups is 1. The van der Waals surface area contributed by atoms with E-state index in [1.54, 1.807) is 6.08 Å². The van der Waals surface area contributed by atoms with Gasteiger partial charge in [-0.2, -0.15) is 0 Å². The van der Waals surface area contributed by atoms with Gasteiger partial charge in [0.2, 0.25) is 5.91 Å². The molecule has 0 aromatic carbocycles. The van der Waals surface area contributed by atoms with Crippen LogP contribution in [0.3, 0.4) is 0 Å². The van der Waals surface area contributed by atoms with Crippen molar-refractivity contribution in [3.05, 3.63) is 24.3 Å². The van der Waals surface area contributed by atoms with Crippen molar-refractivity contribution in [3.8, 4) is 0 Å². The minimum atomic E-state index is -4.33. The molecule has 0 bridgehead atoms. The number of carbonyl (C=O) groups excluding carboxylic acids is 1. The average molecular weight is 688 g/mol. The maximum Gasteiger partial charge on any atom is 0.472 e. The molecule has 1 amide bonds. The van der Waals surface area contributed by atoms with Crippen molar-refractivity contribution in [2.45, 2.75) is 174 Å². The van der Waals surface area contributed by atoms with Crippen LogP contribution in [0.5, 0.6) is 0 Å². The molecule has 0 aliphatic carbocycles. The first-order valence-electron chi connectivity index (χ1n) is 19.2. The van der Waals surface area contributed by atoms with Gasteiger partial charge in [0.05, 0.1) is 39.9 Å². The first-order chi connectivity index (χ1) is 22.5. The van der Waals surface area contributed by atoms with Crippen molar-refractivity contribution in [3.63, 3.8) is 0 Å². The Morgan fingerprint density at radius 2 is 1.17 bits per heavy atom. The smallest absolute Gasteiger partial charge is 0.387 e. The molecule has 0 spiro atoms. The van der Waals surface area contributed by atoms with Gasteiger partial charge in [-0.15, -0.1) is 0 Å². The molecular formula is C38H76N2O6P+. The van der Waals surface area contributed by atoms with Crippen molar-refractivity contribution in [1.29, 1.82) is 0 Å². The van der Waals surface area contributed by atoms with E-state index in [0.717, 1.165) is 38.5 Å². The van der Waals surface area contributed by atoms with Crippen LogP contribution in [0.25, 0.3) is 0 Å². The number of aliphatic hydroxyl groups excluding tert-OH is 1. The van der Waals surface area contributed by atoms with Crippen LogP contribution in [0, 0.1) is 0 Å². The number of hydrogen-bond acceptors (Lipinski definition) is 5. The fourth-order valence-corrected chi connectivity index (χ4v) is 6.03. The zero-order valence-corrected chi connectivity index (χ0v) is 32.2. The Hall–Kier alpha value is -1.02. The largest absolute Gasteiger partial charge is 0.472 e. The van der Waals surface area contributed by atoms with Crippen LogP contribution in [-0.4, -0.2) is 73.4 Å². The molecule has 0 saturated heterocycles. The monoisotopic (exact) mass is 688 g/mol. The van der Waals surface area contributed by atoms with E-state index < -0.39 is 20.0 Å². The summed E-state index contributed by atoms with van der Waals surface area (Å²) in [4.78, 5) is 22.9. The van der Waals surface area contributed by atoms with Crippen molar-refractivity contribution in [2.24, 2.45) is 0 Å². The minimum absolute atomic E-state index is 0.0577. The van der Waals surface area contributed by atoms with Crippen LogP contribution >= 0.6 is 7.82 Å². The third-order valence-electron chi connectivity index (χ3n) is 8.42. The Balaban J connectivity index is 4.58. The number of aliphatic hydroxyl groups is 1. The van der Waals surface area contributed by atoms with E-state index in [0.29, 0.717) is 17.4 Å². The second-order valence-corrected chi connectivity index (χ2v) is 15.8. The number of quaternary nitrogens is 1. The van der Waals surface area contributed by atoms with Gasteiger partial charge in [-0.3, -0.25) is 13.8 Å². The van der Waals surface area contributed by atoms with E-state index in [4.69, 9.17) is 9.05 Å². The van der Waals surface area contributed by atoms with Crippen LogP contribution in [-0.2, 0) is 18.4 Å². The Labute approximate surface area is 290 Å². The lowest BCUT2D eigenvalue weighted by molar-refractivity contribution is -0.870.